The van der Waals surface area contributed by atoms with Crippen molar-refractivity contribution in [3.8, 4) is 0 Å². The monoisotopic (exact) mass is 633 g/mol. The third-order valence-corrected chi connectivity index (χ3v) is 16.2. The van der Waals surface area contributed by atoms with Crippen LogP contribution >= 0.6 is 0 Å². The summed E-state index contributed by atoms with van der Waals surface area (Å²) in [5, 5.41) is 5.77. The molecule has 5 saturated carbocycles. The van der Waals surface area contributed by atoms with Crippen LogP contribution in [0.15, 0.2) is 60.7 Å². The van der Waals surface area contributed by atoms with Gasteiger partial charge in [-0.05, 0) is 87.0 Å². The Labute approximate surface area is 269 Å². The van der Waals surface area contributed by atoms with Crippen molar-refractivity contribution in [2.24, 2.45) is 17.8 Å². The molecule has 0 radical (unpaired) electrons. The molecule has 2 aromatic carbocycles. The van der Waals surface area contributed by atoms with E-state index in [0.717, 1.165) is 51.4 Å². The number of carbonyl (C=O) groups excluding carboxylic acids is 1. The molecule has 45 heavy (non-hydrogen) atoms. The molecule has 5 aliphatic carbocycles. The normalized spacial score (nSPS) is 36.0. The minimum Gasteiger partial charge on any atom is -0.444 e. The average Bonchev–Trinajstić information content (AvgIpc) is 3.32. The van der Waals surface area contributed by atoms with E-state index in [0.29, 0.717) is 12.3 Å². The Kier molecular flexibility index (Phi) is 7.61. The molecular weight excluding hydrogens is 582 g/mol. The Bertz CT molecular complexity index is 1330. The molecule has 2 aromatic rings. The minimum absolute atomic E-state index is 0.0270. The Hall–Kier alpha value is -2.23. The molecule has 1 N–H and O–H groups in total. The van der Waals surface area contributed by atoms with E-state index in [1.807, 2.05) is 20.8 Å². The summed E-state index contributed by atoms with van der Waals surface area (Å²) < 4.78 is 20.4. The van der Waals surface area contributed by atoms with Gasteiger partial charge in [-0.2, -0.15) is 9.78 Å². The fourth-order valence-electron chi connectivity index (χ4n) is 9.73. The Morgan fingerprint density at radius 3 is 2.00 bits per heavy atom. The van der Waals surface area contributed by atoms with Gasteiger partial charge in [0.15, 0.2) is 0 Å². The smallest absolute Gasteiger partial charge is 0.408 e. The van der Waals surface area contributed by atoms with E-state index >= 15 is 0 Å². The molecule has 4 atom stereocenters. The third-order valence-electron chi connectivity index (χ3n) is 11.1. The Balaban J connectivity index is 1.13. The van der Waals surface area contributed by atoms with Crippen LogP contribution in [-0.4, -0.2) is 43.2 Å². The highest BCUT2D eigenvalue weighted by Crippen LogP contribution is 2.65. The van der Waals surface area contributed by atoms with Gasteiger partial charge in [0.05, 0.1) is 6.10 Å². The summed E-state index contributed by atoms with van der Waals surface area (Å²) in [5.41, 5.74) is -0.798. The molecule has 1 aliphatic heterocycles. The van der Waals surface area contributed by atoms with Crippen molar-refractivity contribution < 1.29 is 28.5 Å². The second kappa shape index (κ2) is 10.9. The number of amides is 1. The molecule has 6 fully saturated rings. The van der Waals surface area contributed by atoms with E-state index in [-0.39, 0.29) is 34.6 Å². The summed E-state index contributed by atoms with van der Waals surface area (Å²) in [4.78, 5) is 25.7. The average molecular weight is 634 g/mol. The number of ether oxygens (including phenoxy) is 2. The van der Waals surface area contributed by atoms with Crippen LogP contribution in [0.4, 0.5) is 4.79 Å². The SMILES string of the molecule is CC(C)(C)OC(=O)NC12CC3CC(C1)C1(OOC4(CCCC(O[Si](c5ccccc5)(c5ccccc5)C(C)(C)C)C4)O1)C(C3)C2. The number of alkyl carbamates (subject to hydrolysis) is 1. The van der Waals surface area contributed by atoms with Crippen molar-refractivity contribution >= 4 is 24.8 Å². The number of hydrogen-bond acceptors (Lipinski definition) is 6. The lowest BCUT2D eigenvalue weighted by atomic mass is 9.50. The van der Waals surface area contributed by atoms with E-state index in [1.165, 1.54) is 10.4 Å². The van der Waals surface area contributed by atoms with Crippen LogP contribution < -0.4 is 15.7 Å². The number of hydrogen-bond donors (Lipinski definition) is 1. The third kappa shape index (κ3) is 5.48. The first-order valence-electron chi connectivity index (χ1n) is 17.1. The molecule has 8 rings (SSSR count). The zero-order valence-electron chi connectivity index (χ0n) is 27.9. The topological polar surface area (TPSA) is 75.3 Å². The Morgan fingerprint density at radius 2 is 1.44 bits per heavy atom. The van der Waals surface area contributed by atoms with Crippen molar-refractivity contribution in [2.45, 2.75) is 133 Å². The lowest BCUT2D eigenvalue weighted by Crippen LogP contribution is -2.69. The van der Waals surface area contributed by atoms with Gasteiger partial charge in [0, 0.05) is 30.2 Å². The first-order chi connectivity index (χ1) is 21.3. The van der Waals surface area contributed by atoms with Gasteiger partial charge < -0.3 is 19.2 Å². The Morgan fingerprint density at radius 1 is 0.844 bits per heavy atom. The molecule has 1 heterocycles. The van der Waals surface area contributed by atoms with Crippen molar-refractivity contribution in [3.63, 3.8) is 0 Å². The van der Waals surface area contributed by atoms with E-state index in [1.54, 1.807) is 0 Å². The number of rotatable bonds is 5. The van der Waals surface area contributed by atoms with Crippen LogP contribution in [0.25, 0.3) is 0 Å². The van der Waals surface area contributed by atoms with E-state index < -0.39 is 25.5 Å². The first-order valence-corrected chi connectivity index (χ1v) is 19.0. The van der Waals surface area contributed by atoms with Gasteiger partial charge in [-0.15, -0.1) is 0 Å². The quantitative estimate of drug-likeness (QED) is 0.283. The highest BCUT2D eigenvalue weighted by atomic mass is 28.4. The fourth-order valence-corrected chi connectivity index (χ4v) is 14.4. The highest BCUT2D eigenvalue weighted by molar-refractivity contribution is 6.99. The predicted molar refractivity (Wildman–Crippen MR) is 175 cm³/mol. The van der Waals surface area contributed by atoms with Crippen molar-refractivity contribution in [2.75, 3.05) is 0 Å². The maximum Gasteiger partial charge on any atom is 0.408 e. The summed E-state index contributed by atoms with van der Waals surface area (Å²) in [7, 11) is -2.73. The molecule has 6 aliphatic rings. The molecule has 7 nitrogen and oxygen atoms in total. The second-order valence-electron chi connectivity index (χ2n) is 16.7. The molecule has 1 amide bonds. The molecule has 1 saturated heterocycles. The molecule has 244 valence electrons. The van der Waals surface area contributed by atoms with Gasteiger partial charge in [0.1, 0.15) is 5.60 Å². The molecule has 4 bridgehead atoms. The number of nitrogens with one attached hydrogen (secondary N) is 1. The van der Waals surface area contributed by atoms with Crippen LogP contribution in [-0.2, 0) is 23.7 Å². The maximum absolute atomic E-state index is 12.9. The van der Waals surface area contributed by atoms with Crippen LogP contribution in [0.5, 0.6) is 0 Å². The lowest BCUT2D eigenvalue weighted by Gasteiger charge is -2.62. The molecule has 2 spiro atoms. The van der Waals surface area contributed by atoms with Crippen LogP contribution in [0, 0.1) is 17.8 Å². The van der Waals surface area contributed by atoms with Crippen molar-refractivity contribution in [3.05, 3.63) is 60.7 Å². The molecule has 4 unspecified atom stereocenters. The van der Waals surface area contributed by atoms with Crippen LogP contribution in [0.2, 0.25) is 5.04 Å². The summed E-state index contributed by atoms with van der Waals surface area (Å²) >= 11 is 0. The van der Waals surface area contributed by atoms with Gasteiger partial charge in [-0.3, -0.25) is 0 Å². The summed E-state index contributed by atoms with van der Waals surface area (Å²) in [6.07, 6.45) is 7.70. The van der Waals surface area contributed by atoms with E-state index in [2.05, 4.69) is 86.8 Å². The highest BCUT2D eigenvalue weighted by Gasteiger charge is 2.70. The number of carbonyl (C=O) groups is 1. The van der Waals surface area contributed by atoms with Crippen LogP contribution in [0.1, 0.15) is 99.3 Å². The maximum atomic E-state index is 12.9. The van der Waals surface area contributed by atoms with Gasteiger partial charge in [-0.1, -0.05) is 81.4 Å². The van der Waals surface area contributed by atoms with Crippen molar-refractivity contribution in [1.29, 1.82) is 0 Å². The van der Waals surface area contributed by atoms with Gasteiger partial charge in [0.25, 0.3) is 8.32 Å². The van der Waals surface area contributed by atoms with Gasteiger partial charge in [-0.25, -0.2) is 4.79 Å². The van der Waals surface area contributed by atoms with Gasteiger partial charge >= 0.3 is 6.09 Å². The summed E-state index contributed by atoms with van der Waals surface area (Å²) in [6.45, 7) is 12.7. The van der Waals surface area contributed by atoms with Crippen molar-refractivity contribution in [1.82, 2.24) is 5.32 Å². The summed E-state index contributed by atoms with van der Waals surface area (Å²) in [5.74, 6) is -0.721. The largest absolute Gasteiger partial charge is 0.444 e. The molecule has 0 aromatic heterocycles. The zero-order valence-corrected chi connectivity index (χ0v) is 28.9. The van der Waals surface area contributed by atoms with E-state index in [9.17, 15) is 4.79 Å². The second-order valence-corrected chi connectivity index (χ2v) is 20.9. The summed E-state index contributed by atoms with van der Waals surface area (Å²) in [6, 6.07) is 21.7. The standard InChI is InChI=1S/C37H51NO6Si/c1-33(2,3)40-32(39)38-35-22-26-20-27(23-35)37(28(21-26)24-35)42-36(43-44-37)19-13-14-29(25-36)41-45(34(4,5)6,30-15-9-7-10-16-30)31-17-11-8-12-18-31/h7-12,15-18,26-29H,13-14,19-25H2,1-6H3,(H,38,39). The van der Waals surface area contributed by atoms with E-state index in [4.69, 9.17) is 23.7 Å². The van der Waals surface area contributed by atoms with Gasteiger partial charge in [0.2, 0.25) is 11.6 Å². The first kappa shape index (κ1) is 31.4. The minimum atomic E-state index is -2.73. The number of benzene rings is 2. The molecule has 8 heteroatoms. The zero-order chi connectivity index (χ0) is 31.7. The lowest BCUT2D eigenvalue weighted by molar-refractivity contribution is -0.392. The van der Waals surface area contributed by atoms with Crippen LogP contribution in [0.3, 0.4) is 0 Å². The predicted octanol–water partition coefficient (Wildman–Crippen LogP) is 6.98. The fraction of sp³-hybridized carbons (Fsp3) is 0.649. The molecular formula is C37H51NO6Si.